The quantitative estimate of drug-likeness (QED) is 0.793. The fourth-order valence-corrected chi connectivity index (χ4v) is 2.19. The number of rotatable bonds is 7. The van der Waals surface area contributed by atoms with Gasteiger partial charge in [0.05, 0.1) is 18.2 Å². The van der Waals surface area contributed by atoms with Gasteiger partial charge < -0.3 is 10.1 Å². The molecule has 0 spiro atoms. The van der Waals surface area contributed by atoms with Crippen LogP contribution in [0.25, 0.3) is 0 Å². The topological polar surface area (TPSA) is 62.1 Å². The smallest absolute Gasteiger partial charge is 0.220 e. The second-order valence-corrected chi connectivity index (χ2v) is 5.40. The second-order valence-electron chi connectivity index (χ2n) is 4.96. The molecule has 5 heteroatoms. The van der Waals surface area contributed by atoms with Crippen LogP contribution in [-0.2, 0) is 11.2 Å². The van der Waals surface area contributed by atoms with Crippen LogP contribution < -0.4 is 10.1 Å². The molecule has 0 heterocycles. The Bertz CT molecular complexity index is 693. The van der Waals surface area contributed by atoms with E-state index in [0.717, 1.165) is 5.56 Å². The summed E-state index contributed by atoms with van der Waals surface area (Å²) in [5, 5.41) is 12.2. The molecule has 118 valence electrons. The first-order chi connectivity index (χ1) is 11.2. The predicted octanol–water partition coefficient (Wildman–Crippen LogP) is 3.34. The van der Waals surface area contributed by atoms with E-state index in [1.165, 1.54) is 0 Å². The number of nitrogens with one attached hydrogen (secondary N) is 1. The first-order valence-electron chi connectivity index (χ1n) is 7.31. The van der Waals surface area contributed by atoms with Crippen molar-refractivity contribution in [2.24, 2.45) is 0 Å². The molecule has 0 aromatic heterocycles. The van der Waals surface area contributed by atoms with Crippen LogP contribution in [0, 0.1) is 11.3 Å². The number of ether oxygens (including phenoxy) is 1. The molecule has 0 fully saturated rings. The fourth-order valence-electron chi connectivity index (χ4n) is 2.01. The van der Waals surface area contributed by atoms with Crippen molar-refractivity contribution in [2.45, 2.75) is 12.8 Å². The molecule has 0 saturated heterocycles. The zero-order valence-corrected chi connectivity index (χ0v) is 13.3. The summed E-state index contributed by atoms with van der Waals surface area (Å²) in [4.78, 5) is 11.8. The van der Waals surface area contributed by atoms with Gasteiger partial charge in [-0.15, -0.1) is 0 Å². The molecule has 4 nitrogen and oxygen atoms in total. The number of aryl methyl sites for hydroxylation is 1. The normalized spacial score (nSPS) is 9.91. The highest BCUT2D eigenvalue weighted by Crippen LogP contribution is 2.16. The van der Waals surface area contributed by atoms with Crippen molar-refractivity contribution in [3.63, 3.8) is 0 Å². The Balaban J connectivity index is 1.64. The van der Waals surface area contributed by atoms with E-state index in [-0.39, 0.29) is 5.91 Å². The second kappa shape index (κ2) is 8.82. The van der Waals surface area contributed by atoms with Crippen molar-refractivity contribution < 1.29 is 9.53 Å². The van der Waals surface area contributed by atoms with Crippen LogP contribution in [0.2, 0.25) is 5.02 Å². The number of hydrogen-bond donors (Lipinski definition) is 1. The number of hydrogen-bond acceptors (Lipinski definition) is 3. The number of nitrogens with zero attached hydrogens (tertiary/aromatic N) is 1. The van der Waals surface area contributed by atoms with Crippen LogP contribution in [-0.4, -0.2) is 19.1 Å². The first kappa shape index (κ1) is 16.9. The number of carbonyl (C=O) groups excluding carboxylic acids is 1. The van der Waals surface area contributed by atoms with Crippen molar-refractivity contribution >= 4 is 17.5 Å². The highest BCUT2D eigenvalue weighted by molar-refractivity contribution is 6.30. The van der Waals surface area contributed by atoms with Crippen molar-refractivity contribution in [2.75, 3.05) is 13.2 Å². The van der Waals surface area contributed by atoms with Crippen molar-refractivity contribution in [1.82, 2.24) is 5.32 Å². The molecule has 2 rings (SSSR count). The number of amides is 1. The molecule has 1 amide bonds. The molecule has 0 unspecified atom stereocenters. The van der Waals surface area contributed by atoms with Gasteiger partial charge in [0.1, 0.15) is 12.4 Å². The Labute approximate surface area is 140 Å². The minimum absolute atomic E-state index is 0.0240. The molecule has 0 bridgehead atoms. The van der Waals surface area contributed by atoms with E-state index >= 15 is 0 Å². The zero-order valence-electron chi connectivity index (χ0n) is 12.6. The Kier molecular flexibility index (Phi) is 6.46. The molecular formula is C18H17ClN2O2. The maximum absolute atomic E-state index is 11.8. The Morgan fingerprint density at radius 1 is 1.22 bits per heavy atom. The van der Waals surface area contributed by atoms with Crippen LogP contribution in [0.4, 0.5) is 0 Å². The lowest BCUT2D eigenvalue weighted by atomic mass is 10.1. The molecule has 0 atom stereocenters. The summed E-state index contributed by atoms with van der Waals surface area (Å²) >= 11 is 5.86. The van der Waals surface area contributed by atoms with Gasteiger partial charge in [-0.1, -0.05) is 29.8 Å². The third-order valence-corrected chi connectivity index (χ3v) is 3.45. The van der Waals surface area contributed by atoms with Crippen molar-refractivity contribution in [3.8, 4) is 11.8 Å². The van der Waals surface area contributed by atoms with Gasteiger partial charge in [0.25, 0.3) is 0 Å². The van der Waals surface area contributed by atoms with Gasteiger partial charge >= 0.3 is 0 Å². The molecule has 1 N–H and O–H groups in total. The molecule has 0 aliphatic rings. The summed E-state index contributed by atoms with van der Waals surface area (Å²) in [6.07, 6.45) is 1.05. The summed E-state index contributed by atoms with van der Waals surface area (Å²) in [7, 11) is 0. The van der Waals surface area contributed by atoms with Crippen LogP contribution in [0.3, 0.4) is 0 Å². The van der Waals surface area contributed by atoms with Gasteiger partial charge in [-0.2, -0.15) is 5.26 Å². The van der Waals surface area contributed by atoms with Gasteiger partial charge in [0.15, 0.2) is 0 Å². The molecule has 23 heavy (non-hydrogen) atoms. The fraction of sp³-hybridized carbons (Fsp3) is 0.222. The van der Waals surface area contributed by atoms with E-state index in [9.17, 15) is 4.79 Å². The van der Waals surface area contributed by atoms with Gasteiger partial charge in [-0.05, 0) is 42.3 Å². The van der Waals surface area contributed by atoms with Crippen LogP contribution in [0.5, 0.6) is 5.75 Å². The Morgan fingerprint density at radius 3 is 2.70 bits per heavy atom. The molecular weight excluding hydrogens is 312 g/mol. The molecule has 0 saturated carbocycles. The summed E-state index contributed by atoms with van der Waals surface area (Å²) in [6.45, 7) is 0.835. The number of carbonyl (C=O) groups is 1. The predicted molar refractivity (Wildman–Crippen MR) is 89.4 cm³/mol. The van der Waals surface area contributed by atoms with E-state index in [2.05, 4.69) is 11.4 Å². The van der Waals surface area contributed by atoms with Gasteiger partial charge in [0.2, 0.25) is 5.91 Å². The first-order valence-corrected chi connectivity index (χ1v) is 7.69. The summed E-state index contributed by atoms with van der Waals surface area (Å²) in [5.74, 6) is 0.661. The maximum Gasteiger partial charge on any atom is 0.220 e. The SMILES string of the molecule is N#Cc1ccc(CCC(=O)NCCOc2cccc(Cl)c2)cc1. The monoisotopic (exact) mass is 328 g/mol. The van der Waals surface area contributed by atoms with Gasteiger partial charge in [-0.3, -0.25) is 4.79 Å². The minimum atomic E-state index is -0.0240. The molecule has 0 aliphatic carbocycles. The summed E-state index contributed by atoms with van der Waals surface area (Å²) in [5.41, 5.74) is 1.66. The molecule has 0 radical (unpaired) electrons. The molecule has 2 aromatic rings. The van der Waals surface area contributed by atoms with E-state index in [1.54, 1.807) is 24.3 Å². The Hall–Kier alpha value is -2.51. The van der Waals surface area contributed by atoms with Crippen LogP contribution in [0.15, 0.2) is 48.5 Å². The summed E-state index contributed by atoms with van der Waals surface area (Å²) < 4.78 is 5.50. The third kappa shape index (κ3) is 6.01. The summed E-state index contributed by atoms with van der Waals surface area (Å²) in [6, 6.07) is 16.5. The van der Waals surface area contributed by atoms with E-state index in [1.807, 2.05) is 24.3 Å². The van der Waals surface area contributed by atoms with Crippen molar-refractivity contribution in [3.05, 3.63) is 64.7 Å². The van der Waals surface area contributed by atoms with E-state index in [4.69, 9.17) is 21.6 Å². The highest BCUT2D eigenvalue weighted by Gasteiger charge is 2.02. The highest BCUT2D eigenvalue weighted by atomic mass is 35.5. The van der Waals surface area contributed by atoms with E-state index in [0.29, 0.717) is 42.3 Å². The Morgan fingerprint density at radius 2 is 2.00 bits per heavy atom. The maximum atomic E-state index is 11.8. The standard InChI is InChI=1S/C18H17ClN2O2/c19-16-2-1-3-17(12-16)23-11-10-21-18(22)9-8-14-4-6-15(13-20)7-5-14/h1-7,12H,8-11H2,(H,21,22). The van der Waals surface area contributed by atoms with Crippen LogP contribution in [0.1, 0.15) is 17.5 Å². The van der Waals surface area contributed by atoms with Gasteiger partial charge in [-0.25, -0.2) is 0 Å². The molecule has 2 aromatic carbocycles. The average molecular weight is 329 g/mol. The average Bonchev–Trinajstić information content (AvgIpc) is 2.57. The minimum Gasteiger partial charge on any atom is -0.492 e. The van der Waals surface area contributed by atoms with Gasteiger partial charge in [0, 0.05) is 11.4 Å². The van der Waals surface area contributed by atoms with E-state index < -0.39 is 0 Å². The number of halogens is 1. The molecule has 0 aliphatic heterocycles. The lowest BCUT2D eigenvalue weighted by Crippen LogP contribution is -2.28. The lowest BCUT2D eigenvalue weighted by Gasteiger charge is -2.08. The lowest BCUT2D eigenvalue weighted by molar-refractivity contribution is -0.121. The van der Waals surface area contributed by atoms with Crippen molar-refractivity contribution in [1.29, 1.82) is 5.26 Å². The number of nitriles is 1. The third-order valence-electron chi connectivity index (χ3n) is 3.21. The van der Waals surface area contributed by atoms with Crippen LogP contribution >= 0.6 is 11.6 Å². The zero-order chi connectivity index (χ0) is 16.5. The largest absolute Gasteiger partial charge is 0.492 e. The number of benzene rings is 2.